The number of hydrogen-bond acceptors (Lipinski definition) is 3. The molecule has 1 unspecified atom stereocenters. The molecular formula is C13H23NO2. The lowest BCUT2D eigenvalue weighted by Crippen LogP contribution is -2.43. The van der Waals surface area contributed by atoms with Gasteiger partial charge in [-0.25, -0.2) is 0 Å². The molecule has 92 valence electrons. The Hall–Kier alpha value is -0.380. The van der Waals surface area contributed by atoms with Crippen LogP contribution in [0.25, 0.3) is 0 Å². The molecule has 1 fully saturated rings. The number of likely N-dealkylation sites (tertiary alicyclic amines) is 1. The number of aliphatic hydroxyl groups is 1. The van der Waals surface area contributed by atoms with Crippen molar-refractivity contribution in [3.63, 3.8) is 0 Å². The summed E-state index contributed by atoms with van der Waals surface area (Å²) in [5.41, 5.74) is 0. The molecule has 2 rings (SSSR count). The lowest BCUT2D eigenvalue weighted by atomic mass is 9.98. The SMILES string of the molecule is OCCOC1CCN(C2C=CCCC2)CC1. The first kappa shape index (κ1) is 12.1. The Morgan fingerprint density at radius 3 is 2.69 bits per heavy atom. The van der Waals surface area contributed by atoms with Crippen LogP contribution >= 0.6 is 0 Å². The second-order valence-corrected chi connectivity index (χ2v) is 4.76. The first-order valence-corrected chi connectivity index (χ1v) is 6.53. The Morgan fingerprint density at radius 2 is 2.06 bits per heavy atom. The Labute approximate surface area is 98.1 Å². The molecule has 16 heavy (non-hydrogen) atoms. The van der Waals surface area contributed by atoms with E-state index in [1.807, 2.05) is 0 Å². The first-order valence-electron chi connectivity index (χ1n) is 6.53. The molecule has 2 aliphatic rings. The summed E-state index contributed by atoms with van der Waals surface area (Å²) in [5.74, 6) is 0. The summed E-state index contributed by atoms with van der Waals surface area (Å²) in [6, 6.07) is 0.674. The van der Waals surface area contributed by atoms with Gasteiger partial charge in [0.25, 0.3) is 0 Å². The third-order valence-corrected chi connectivity index (χ3v) is 3.62. The average molecular weight is 225 g/mol. The average Bonchev–Trinajstić information content (AvgIpc) is 2.38. The molecule has 0 radical (unpaired) electrons. The lowest BCUT2D eigenvalue weighted by Gasteiger charge is -2.37. The van der Waals surface area contributed by atoms with Crippen molar-refractivity contribution in [1.29, 1.82) is 0 Å². The molecule has 0 aromatic carbocycles. The van der Waals surface area contributed by atoms with Gasteiger partial charge in [0, 0.05) is 19.1 Å². The van der Waals surface area contributed by atoms with E-state index in [4.69, 9.17) is 9.84 Å². The van der Waals surface area contributed by atoms with E-state index in [2.05, 4.69) is 17.1 Å². The zero-order valence-corrected chi connectivity index (χ0v) is 9.98. The number of aliphatic hydroxyl groups excluding tert-OH is 1. The van der Waals surface area contributed by atoms with Crippen LogP contribution in [-0.4, -0.2) is 48.5 Å². The van der Waals surface area contributed by atoms with Crippen LogP contribution in [0.5, 0.6) is 0 Å². The van der Waals surface area contributed by atoms with Crippen molar-refractivity contribution in [1.82, 2.24) is 4.90 Å². The second kappa shape index (κ2) is 6.38. The number of piperidine rings is 1. The normalized spacial score (nSPS) is 28.4. The van der Waals surface area contributed by atoms with Gasteiger partial charge < -0.3 is 9.84 Å². The predicted molar refractivity (Wildman–Crippen MR) is 64.4 cm³/mol. The van der Waals surface area contributed by atoms with E-state index in [1.165, 1.54) is 19.3 Å². The molecule has 3 heteroatoms. The Morgan fingerprint density at radius 1 is 1.25 bits per heavy atom. The van der Waals surface area contributed by atoms with Crippen LogP contribution in [0.1, 0.15) is 32.1 Å². The van der Waals surface area contributed by atoms with Gasteiger partial charge in [0.15, 0.2) is 0 Å². The molecule has 0 aromatic heterocycles. The van der Waals surface area contributed by atoms with Crippen LogP contribution in [0.15, 0.2) is 12.2 Å². The van der Waals surface area contributed by atoms with Gasteiger partial charge in [-0.2, -0.15) is 0 Å². The minimum Gasteiger partial charge on any atom is -0.394 e. The monoisotopic (exact) mass is 225 g/mol. The maximum Gasteiger partial charge on any atom is 0.0701 e. The fraction of sp³-hybridized carbons (Fsp3) is 0.846. The number of rotatable bonds is 4. The van der Waals surface area contributed by atoms with Gasteiger partial charge in [-0.3, -0.25) is 4.90 Å². The van der Waals surface area contributed by atoms with E-state index in [-0.39, 0.29) is 6.61 Å². The second-order valence-electron chi connectivity index (χ2n) is 4.76. The highest BCUT2D eigenvalue weighted by Gasteiger charge is 2.24. The zero-order valence-electron chi connectivity index (χ0n) is 9.98. The van der Waals surface area contributed by atoms with Gasteiger partial charge in [0.05, 0.1) is 19.3 Å². The van der Waals surface area contributed by atoms with E-state index in [1.54, 1.807) is 0 Å². The summed E-state index contributed by atoms with van der Waals surface area (Å²) in [6.07, 6.45) is 11.2. The molecule has 1 heterocycles. The topological polar surface area (TPSA) is 32.7 Å². The van der Waals surface area contributed by atoms with E-state index in [0.717, 1.165) is 25.9 Å². The van der Waals surface area contributed by atoms with Crippen LogP contribution < -0.4 is 0 Å². The summed E-state index contributed by atoms with van der Waals surface area (Å²) in [5, 5.41) is 8.71. The van der Waals surface area contributed by atoms with Crippen LogP contribution in [0.4, 0.5) is 0 Å². The molecule has 0 spiro atoms. The minimum atomic E-state index is 0.144. The van der Waals surface area contributed by atoms with E-state index < -0.39 is 0 Å². The largest absolute Gasteiger partial charge is 0.394 e. The molecule has 1 aliphatic carbocycles. The standard InChI is InChI=1S/C13H23NO2/c15-10-11-16-13-6-8-14(9-7-13)12-4-2-1-3-5-12/h2,4,12-13,15H,1,3,5-11H2. The number of allylic oxidation sites excluding steroid dienone is 1. The summed E-state index contributed by atoms with van der Waals surface area (Å²) in [7, 11) is 0. The highest BCUT2D eigenvalue weighted by molar-refractivity contribution is 4.99. The number of ether oxygens (including phenoxy) is 1. The van der Waals surface area contributed by atoms with Crippen molar-refractivity contribution in [2.24, 2.45) is 0 Å². The van der Waals surface area contributed by atoms with Crippen molar-refractivity contribution in [3.05, 3.63) is 12.2 Å². The molecule has 1 atom stereocenters. The third-order valence-electron chi connectivity index (χ3n) is 3.62. The minimum absolute atomic E-state index is 0.144. The van der Waals surface area contributed by atoms with E-state index >= 15 is 0 Å². The van der Waals surface area contributed by atoms with Crippen LogP contribution in [0.3, 0.4) is 0 Å². The van der Waals surface area contributed by atoms with Gasteiger partial charge in [-0.1, -0.05) is 12.2 Å². The highest BCUT2D eigenvalue weighted by atomic mass is 16.5. The molecule has 1 saturated heterocycles. The van der Waals surface area contributed by atoms with Crippen molar-refractivity contribution in [3.8, 4) is 0 Å². The molecule has 0 aromatic rings. The Bertz CT molecular complexity index is 222. The third kappa shape index (κ3) is 3.30. The van der Waals surface area contributed by atoms with Gasteiger partial charge in [0.2, 0.25) is 0 Å². The summed E-state index contributed by atoms with van der Waals surface area (Å²) < 4.78 is 5.57. The molecule has 0 amide bonds. The maximum absolute atomic E-state index is 8.71. The van der Waals surface area contributed by atoms with Crippen molar-refractivity contribution in [2.75, 3.05) is 26.3 Å². The Balaban J connectivity index is 1.72. The van der Waals surface area contributed by atoms with Gasteiger partial charge in [-0.15, -0.1) is 0 Å². The molecule has 1 N–H and O–H groups in total. The molecule has 3 nitrogen and oxygen atoms in total. The van der Waals surface area contributed by atoms with Crippen LogP contribution in [0.2, 0.25) is 0 Å². The van der Waals surface area contributed by atoms with Gasteiger partial charge >= 0.3 is 0 Å². The number of nitrogens with zero attached hydrogens (tertiary/aromatic N) is 1. The maximum atomic E-state index is 8.71. The zero-order chi connectivity index (χ0) is 11.2. The fourth-order valence-electron chi connectivity index (χ4n) is 2.69. The van der Waals surface area contributed by atoms with E-state index in [0.29, 0.717) is 18.8 Å². The molecular weight excluding hydrogens is 202 g/mol. The first-order chi connectivity index (χ1) is 7.90. The molecule has 1 aliphatic heterocycles. The van der Waals surface area contributed by atoms with E-state index in [9.17, 15) is 0 Å². The quantitative estimate of drug-likeness (QED) is 0.737. The smallest absolute Gasteiger partial charge is 0.0701 e. The Kier molecular flexibility index (Phi) is 4.82. The molecule has 0 bridgehead atoms. The predicted octanol–water partition coefficient (Wildman–Crippen LogP) is 1.57. The lowest BCUT2D eigenvalue weighted by molar-refractivity contribution is -0.0127. The fourth-order valence-corrected chi connectivity index (χ4v) is 2.69. The summed E-state index contributed by atoms with van der Waals surface area (Å²) in [6.45, 7) is 2.93. The summed E-state index contributed by atoms with van der Waals surface area (Å²) >= 11 is 0. The van der Waals surface area contributed by atoms with Crippen LogP contribution in [0, 0.1) is 0 Å². The van der Waals surface area contributed by atoms with Gasteiger partial charge in [0.1, 0.15) is 0 Å². The van der Waals surface area contributed by atoms with Crippen molar-refractivity contribution in [2.45, 2.75) is 44.2 Å². The van der Waals surface area contributed by atoms with Crippen molar-refractivity contribution >= 4 is 0 Å². The highest BCUT2D eigenvalue weighted by Crippen LogP contribution is 2.21. The van der Waals surface area contributed by atoms with Crippen LogP contribution in [-0.2, 0) is 4.74 Å². The number of hydrogen-bond donors (Lipinski definition) is 1. The van der Waals surface area contributed by atoms with Crippen molar-refractivity contribution < 1.29 is 9.84 Å². The van der Waals surface area contributed by atoms with Gasteiger partial charge in [-0.05, 0) is 32.1 Å². The summed E-state index contributed by atoms with van der Waals surface area (Å²) in [4.78, 5) is 2.58. The molecule has 0 saturated carbocycles.